The standard InChI is InChI=1S/C15H22N2O3/c1-4-19-10(2)8-16-11(3)12-5-6-14-13(7-12)17-15(18)9-20-14/h5-7,10-11,16H,4,8-9H2,1-3H3,(H,17,18). The van der Waals surface area contributed by atoms with E-state index in [1.807, 2.05) is 32.0 Å². The monoisotopic (exact) mass is 278 g/mol. The van der Waals surface area contributed by atoms with Crippen molar-refractivity contribution in [2.24, 2.45) is 0 Å². The molecule has 1 aromatic rings. The number of carbonyl (C=O) groups excluding carboxylic acids is 1. The molecule has 110 valence electrons. The van der Waals surface area contributed by atoms with Gasteiger partial charge in [0.05, 0.1) is 11.8 Å². The Kier molecular flexibility index (Phi) is 4.98. The maximum absolute atomic E-state index is 11.3. The van der Waals surface area contributed by atoms with Gasteiger partial charge in [0.25, 0.3) is 5.91 Å². The van der Waals surface area contributed by atoms with Crippen molar-refractivity contribution in [2.75, 3.05) is 25.1 Å². The topological polar surface area (TPSA) is 59.6 Å². The van der Waals surface area contributed by atoms with E-state index in [0.29, 0.717) is 0 Å². The summed E-state index contributed by atoms with van der Waals surface area (Å²) in [6, 6.07) is 6.05. The first-order chi connectivity index (χ1) is 9.60. The Morgan fingerprint density at radius 3 is 3.00 bits per heavy atom. The average Bonchev–Trinajstić information content (AvgIpc) is 2.44. The highest BCUT2D eigenvalue weighted by Crippen LogP contribution is 2.30. The van der Waals surface area contributed by atoms with Crippen LogP contribution in [0.25, 0.3) is 0 Å². The molecule has 1 aliphatic heterocycles. The van der Waals surface area contributed by atoms with Crippen molar-refractivity contribution in [3.8, 4) is 5.75 Å². The molecule has 1 amide bonds. The van der Waals surface area contributed by atoms with Crippen molar-refractivity contribution in [2.45, 2.75) is 32.9 Å². The number of hydrogen-bond donors (Lipinski definition) is 2. The van der Waals surface area contributed by atoms with Gasteiger partial charge in [-0.1, -0.05) is 6.07 Å². The second-order valence-electron chi connectivity index (χ2n) is 4.99. The molecule has 0 saturated carbocycles. The molecular weight excluding hydrogens is 256 g/mol. The number of rotatable bonds is 6. The summed E-state index contributed by atoms with van der Waals surface area (Å²) in [5.74, 6) is 0.614. The van der Waals surface area contributed by atoms with E-state index in [-0.39, 0.29) is 24.7 Å². The van der Waals surface area contributed by atoms with Gasteiger partial charge in [-0.15, -0.1) is 0 Å². The fraction of sp³-hybridized carbons (Fsp3) is 0.533. The molecule has 0 aliphatic carbocycles. The fourth-order valence-corrected chi connectivity index (χ4v) is 2.17. The summed E-state index contributed by atoms with van der Waals surface area (Å²) >= 11 is 0. The average molecular weight is 278 g/mol. The summed E-state index contributed by atoms with van der Waals surface area (Å²) in [4.78, 5) is 11.3. The molecule has 0 saturated heterocycles. The third-order valence-corrected chi connectivity index (χ3v) is 3.30. The summed E-state index contributed by atoms with van der Waals surface area (Å²) in [6.45, 7) is 7.72. The zero-order chi connectivity index (χ0) is 14.5. The van der Waals surface area contributed by atoms with Gasteiger partial charge in [0.1, 0.15) is 5.75 Å². The van der Waals surface area contributed by atoms with E-state index in [0.717, 1.165) is 30.2 Å². The van der Waals surface area contributed by atoms with Crippen LogP contribution in [0.2, 0.25) is 0 Å². The van der Waals surface area contributed by atoms with Crippen LogP contribution in [0.15, 0.2) is 18.2 Å². The van der Waals surface area contributed by atoms with Crippen molar-refractivity contribution < 1.29 is 14.3 Å². The summed E-state index contributed by atoms with van der Waals surface area (Å²) in [5.41, 5.74) is 1.85. The molecule has 1 aliphatic rings. The summed E-state index contributed by atoms with van der Waals surface area (Å²) in [7, 11) is 0. The third kappa shape index (κ3) is 3.71. The predicted octanol–water partition coefficient (Wildman–Crippen LogP) is 2.09. The van der Waals surface area contributed by atoms with E-state index in [2.05, 4.69) is 17.6 Å². The molecule has 0 fully saturated rings. The molecule has 0 bridgehead atoms. The minimum absolute atomic E-state index is 0.0893. The van der Waals surface area contributed by atoms with Crippen LogP contribution in [0.1, 0.15) is 32.4 Å². The molecular formula is C15H22N2O3. The molecule has 5 heteroatoms. The van der Waals surface area contributed by atoms with Gasteiger partial charge in [-0.3, -0.25) is 4.79 Å². The summed E-state index contributed by atoms with van der Waals surface area (Å²) in [5, 5.41) is 6.25. The number of nitrogens with one attached hydrogen (secondary N) is 2. The molecule has 2 unspecified atom stereocenters. The van der Waals surface area contributed by atoms with Gasteiger partial charge >= 0.3 is 0 Å². The summed E-state index contributed by atoms with van der Waals surface area (Å²) < 4.78 is 10.8. The lowest BCUT2D eigenvalue weighted by Gasteiger charge is -2.22. The lowest BCUT2D eigenvalue weighted by Crippen LogP contribution is -2.29. The largest absolute Gasteiger partial charge is 0.482 e. The fourth-order valence-electron chi connectivity index (χ4n) is 2.17. The first-order valence-corrected chi connectivity index (χ1v) is 7.01. The van der Waals surface area contributed by atoms with E-state index < -0.39 is 0 Å². The molecule has 0 spiro atoms. The van der Waals surface area contributed by atoms with Crippen LogP contribution in [-0.4, -0.2) is 31.8 Å². The number of anilines is 1. The van der Waals surface area contributed by atoms with Gasteiger partial charge in [0.15, 0.2) is 6.61 Å². The smallest absolute Gasteiger partial charge is 0.262 e. The second kappa shape index (κ2) is 6.72. The van der Waals surface area contributed by atoms with Crippen LogP contribution in [-0.2, 0) is 9.53 Å². The SMILES string of the molecule is CCOC(C)CNC(C)c1ccc2c(c1)NC(=O)CO2. The van der Waals surface area contributed by atoms with E-state index >= 15 is 0 Å². The Bertz CT molecular complexity index is 476. The third-order valence-electron chi connectivity index (χ3n) is 3.30. The van der Waals surface area contributed by atoms with E-state index in [4.69, 9.17) is 9.47 Å². The number of ether oxygens (including phenoxy) is 2. The predicted molar refractivity (Wildman–Crippen MR) is 78.1 cm³/mol. The van der Waals surface area contributed by atoms with Gasteiger partial charge < -0.3 is 20.1 Å². The van der Waals surface area contributed by atoms with Crippen LogP contribution < -0.4 is 15.4 Å². The Morgan fingerprint density at radius 2 is 2.25 bits per heavy atom. The van der Waals surface area contributed by atoms with Crippen molar-refractivity contribution in [1.29, 1.82) is 0 Å². The maximum Gasteiger partial charge on any atom is 0.262 e. The van der Waals surface area contributed by atoms with E-state index in [1.165, 1.54) is 0 Å². The van der Waals surface area contributed by atoms with Crippen molar-refractivity contribution in [1.82, 2.24) is 5.32 Å². The van der Waals surface area contributed by atoms with Gasteiger partial charge in [-0.25, -0.2) is 0 Å². The van der Waals surface area contributed by atoms with Gasteiger partial charge in [-0.2, -0.15) is 0 Å². The van der Waals surface area contributed by atoms with E-state index in [9.17, 15) is 4.79 Å². The first kappa shape index (κ1) is 14.8. The Hall–Kier alpha value is -1.59. The minimum atomic E-state index is -0.111. The molecule has 5 nitrogen and oxygen atoms in total. The molecule has 1 heterocycles. The normalized spacial score (nSPS) is 16.9. The molecule has 20 heavy (non-hydrogen) atoms. The van der Waals surface area contributed by atoms with Crippen LogP contribution >= 0.6 is 0 Å². The molecule has 2 N–H and O–H groups in total. The second-order valence-corrected chi connectivity index (χ2v) is 4.99. The van der Waals surface area contributed by atoms with Crippen molar-refractivity contribution in [3.05, 3.63) is 23.8 Å². The number of carbonyl (C=O) groups is 1. The zero-order valence-corrected chi connectivity index (χ0v) is 12.2. The number of benzene rings is 1. The van der Waals surface area contributed by atoms with Crippen LogP contribution in [0.3, 0.4) is 0 Å². The van der Waals surface area contributed by atoms with Crippen LogP contribution in [0.5, 0.6) is 5.75 Å². The molecule has 2 rings (SSSR count). The first-order valence-electron chi connectivity index (χ1n) is 7.01. The maximum atomic E-state index is 11.3. The number of hydrogen-bond acceptors (Lipinski definition) is 4. The number of fused-ring (bicyclic) bond motifs is 1. The van der Waals surface area contributed by atoms with Crippen LogP contribution in [0.4, 0.5) is 5.69 Å². The minimum Gasteiger partial charge on any atom is -0.482 e. The van der Waals surface area contributed by atoms with Gasteiger partial charge in [0.2, 0.25) is 0 Å². The number of amides is 1. The summed E-state index contributed by atoms with van der Waals surface area (Å²) in [6.07, 6.45) is 0.183. The Morgan fingerprint density at radius 1 is 1.45 bits per heavy atom. The van der Waals surface area contributed by atoms with Crippen LogP contribution in [0, 0.1) is 0 Å². The highest BCUT2D eigenvalue weighted by molar-refractivity contribution is 5.95. The molecule has 2 atom stereocenters. The molecule has 1 aromatic carbocycles. The van der Waals surface area contributed by atoms with E-state index in [1.54, 1.807) is 0 Å². The lowest BCUT2D eigenvalue weighted by molar-refractivity contribution is -0.118. The molecule has 0 aromatic heterocycles. The highest BCUT2D eigenvalue weighted by Gasteiger charge is 2.17. The van der Waals surface area contributed by atoms with Crippen molar-refractivity contribution in [3.63, 3.8) is 0 Å². The highest BCUT2D eigenvalue weighted by atomic mass is 16.5. The van der Waals surface area contributed by atoms with Crippen molar-refractivity contribution >= 4 is 11.6 Å². The Labute approximate surface area is 119 Å². The van der Waals surface area contributed by atoms with Gasteiger partial charge in [0, 0.05) is 19.2 Å². The van der Waals surface area contributed by atoms with Gasteiger partial charge in [-0.05, 0) is 38.5 Å². The zero-order valence-electron chi connectivity index (χ0n) is 12.2. The quantitative estimate of drug-likeness (QED) is 0.836. The molecule has 0 radical (unpaired) electrons. The Balaban J connectivity index is 1.98. The lowest BCUT2D eigenvalue weighted by atomic mass is 10.1.